The van der Waals surface area contributed by atoms with Crippen molar-refractivity contribution in [3.63, 3.8) is 0 Å². The lowest BCUT2D eigenvalue weighted by Crippen LogP contribution is -2.49. The highest BCUT2D eigenvalue weighted by molar-refractivity contribution is 6.02. The fourth-order valence-corrected chi connectivity index (χ4v) is 3.28. The quantitative estimate of drug-likeness (QED) is 0.729. The van der Waals surface area contributed by atoms with Crippen LogP contribution in [0, 0.1) is 0 Å². The largest absolute Gasteiger partial charge is 0.478 e. The van der Waals surface area contributed by atoms with Gasteiger partial charge < -0.3 is 19.6 Å². The van der Waals surface area contributed by atoms with Crippen LogP contribution in [-0.2, 0) is 11.3 Å². The zero-order chi connectivity index (χ0) is 20.2. The molecule has 0 bridgehead atoms. The summed E-state index contributed by atoms with van der Waals surface area (Å²) < 4.78 is 5.38. The molecule has 148 valence electrons. The number of aromatic carboxylic acids is 1. The van der Waals surface area contributed by atoms with Gasteiger partial charge in [0.2, 0.25) is 5.95 Å². The van der Waals surface area contributed by atoms with Gasteiger partial charge >= 0.3 is 12.1 Å². The molecule has 8 nitrogen and oxygen atoms in total. The molecular formula is C21H20N4O4. The number of carbonyl (C=O) groups is 2. The Morgan fingerprint density at radius 1 is 1.00 bits per heavy atom. The lowest BCUT2D eigenvalue weighted by atomic mass is 10.1. The van der Waals surface area contributed by atoms with Crippen molar-refractivity contribution in [2.45, 2.75) is 6.61 Å². The predicted octanol–water partition coefficient (Wildman–Crippen LogP) is 2.79. The molecule has 8 heteroatoms. The van der Waals surface area contributed by atoms with Crippen LogP contribution in [0.3, 0.4) is 0 Å². The minimum absolute atomic E-state index is 0.181. The molecule has 1 aliphatic heterocycles. The number of nitrogens with zero attached hydrogens (tertiary/aromatic N) is 4. The average molecular weight is 392 g/mol. The van der Waals surface area contributed by atoms with Crippen LogP contribution >= 0.6 is 0 Å². The second-order valence-electron chi connectivity index (χ2n) is 6.73. The first-order valence-corrected chi connectivity index (χ1v) is 9.31. The summed E-state index contributed by atoms with van der Waals surface area (Å²) in [5.74, 6) is -0.480. The molecule has 4 rings (SSSR count). The number of amides is 1. The maximum absolute atomic E-state index is 12.3. The fraction of sp³-hybridized carbons (Fsp3) is 0.238. The molecule has 2 heterocycles. The van der Waals surface area contributed by atoms with Crippen LogP contribution in [0.15, 0.2) is 54.7 Å². The highest BCUT2D eigenvalue weighted by atomic mass is 16.6. The van der Waals surface area contributed by atoms with Gasteiger partial charge in [0.15, 0.2) is 0 Å². The van der Waals surface area contributed by atoms with Crippen LogP contribution in [0.4, 0.5) is 10.7 Å². The SMILES string of the molecule is O=C(O)c1cccc2nc(N3CCN(C(=O)OCc4ccccc4)CC3)ncc12. The van der Waals surface area contributed by atoms with Gasteiger partial charge in [-0.15, -0.1) is 0 Å². The van der Waals surface area contributed by atoms with Crippen LogP contribution in [0.2, 0.25) is 0 Å². The van der Waals surface area contributed by atoms with Crippen molar-refractivity contribution in [1.29, 1.82) is 0 Å². The molecule has 0 atom stereocenters. The van der Waals surface area contributed by atoms with Crippen molar-refractivity contribution >= 4 is 28.9 Å². The number of benzene rings is 2. The fourth-order valence-electron chi connectivity index (χ4n) is 3.28. The Bertz CT molecular complexity index is 1030. The summed E-state index contributed by atoms with van der Waals surface area (Å²) in [6, 6.07) is 14.5. The molecule has 0 spiro atoms. The number of piperazine rings is 1. The molecule has 29 heavy (non-hydrogen) atoms. The second-order valence-corrected chi connectivity index (χ2v) is 6.73. The topological polar surface area (TPSA) is 95.9 Å². The lowest BCUT2D eigenvalue weighted by molar-refractivity contribution is 0.0698. The summed E-state index contributed by atoms with van der Waals surface area (Å²) in [5.41, 5.74) is 1.71. The Kier molecular flexibility index (Phi) is 5.24. The zero-order valence-corrected chi connectivity index (χ0v) is 15.7. The van der Waals surface area contributed by atoms with Gasteiger partial charge in [0.25, 0.3) is 0 Å². The van der Waals surface area contributed by atoms with E-state index in [1.165, 1.54) is 6.07 Å². The van der Waals surface area contributed by atoms with Crippen LogP contribution in [0.25, 0.3) is 10.9 Å². The number of aromatic nitrogens is 2. The van der Waals surface area contributed by atoms with Gasteiger partial charge in [0.05, 0.1) is 11.1 Å². The van der Waals surface area contributed by atoms with E-state index in [4.69, 9.17) is 4.74 Å². The van der Waals surface area contributed by atoms with E-state index in [1.54, 1.807) is 23.2 Å². The molecule has 1 aromatic heterocycles. The third-order valence-electron chi connectivity index (χ3n) is 4.87. The van der Waals surface area contributed by atoms with Crippen LogP contribution < -0.4 is 4.90 Å². The Morgan fingerprint density at radius 2 is 1.76 bits per heavy atom. The summed E-state index contributed by atoms with van der Waals surface area (Å²) in [7, 11) is 0. The number of rotatable bonds is 4. The van der Waals surface area contributed by atoms with Crippen molar-refractivity contribution in [2.24, 2.45) is 0 Å². The third-order valence-corrected chi connectivity index (χ3v) is 4.87. The second kappa shape index (κ2) is 8.14. The first kappa shape index (κ1) is 18.7. The van der Waals surface area contributed by atoms with E-state index in [9.17, 15) is 14.7 Å². The van der Waals surface area contributed by atoms with E-state index in [-0.39, 0.29) is 18.3 Å². The molecule has 1 aliphatic rings. The van der Waals surface area contributed by atoms with Crippen molar-refractivity contribution in [2.75, 3.05) is 31.1 Å². The molecule has 1 saturated heterocycles. The summed E-state index contributed by atoms with van der Waals surface area (Å²) in [4.78, 5) is 36.1. The number of carboxylic acids is 1. The van der Waals surface area contributed by atoms with Gasteiger partial charge in [-0.2, -0.15) is 0 Å². The number of hydrogen-bond acceptors (Lipinski definition) is 6. The Balaban J connectivity index is 1.38. The predicted molar refractivity (Wildman–Crippen MR) is 107 cm³/mol. The smallest absolute Gasteiger partial charge is 0.410 e. The maximum Gasteiger partial charge on any atom is 0.410 e. The number of ether oxygens (including phenoxy) is 1. The van der Waals surface area contributed by atoms with Gasteiger partial charge in [-0.1, -0.05) is 36.4 Å². The van der Waals surface area contributed by atoms with Crippen LogP contribution in [-0.4, -0.2) is 58.2 Å². The van der Waals surface area contributed by atoms with Crippen LogP contribution in [0.5, 0.6) is 0 Å². The Morgan fingerprint density at radius 3 is 2.48 bits per heavy atom. The number of carbonyl (C=O) groups excluding carboxylic acids is 1. The summed E-state index contributed by atoms with van der Waals surface area (Å²) in [6.45, 7) is 2.41. The first-order valence-electron chi connectivity index (χ1n) is 9.31. The molecule has 0 aliphatic carbocycles. The van der Waals surface area contributed by atoms with E-state index in [1.807, 2.05) is 35.2 Å². The van der Waals surface area contributed by atoms with E-state index >= 15 is 0 Å². The van der Waals surface area contributed by atoms with Crippen LogP contribution in [0.1, 0.15) is 15.9 Å². The number of carboxylic acid groups (broad SMARTS) is 1. The molecule has 3 aromatic rings. The molecule has 0 unspecified atom stereocenters. The molecule has 1 fully saturated rings. The van der Waals surface area contributed by atoms with Gasteiger partial charge in [0, 0.05) is 37.8 Å². The highest BCUT2D eigenvalue weighted by Crippen LogP contribution is 2.20. The monoisotopic (exact) mass is 392 g/mol. The Hall–Kier alpha value is -3.68. The summed E-state index contributed by atoms with van der Waals surface area (Å²) >= 11 is 0. The van der Waals surface area contributed by atoms with E-state index in [0.717, 1.165) is 5.56 Å². The van der Waals surface area contributed by atoms with E-state index in [2.05, 4.69) is 9.97 Å². The van der Waals surface area contributed by atoms with Crippen molar-refractivity contribution < 1.29 is 19.4 Å². The zero-order valence-electron chi connectivity index (χ0n) is 15.7. The maximum atomic E-state index is 12.3. The van der Waals surface area contributed by atoms with Gasteiger partial charge in [-0.25, -0.2) is 19.6 Å². The molecule has 1 amide bonds. The normalized spacial score (nSPS) is 14.1. The third kappa shape index (κ3) is 4.11. The molecule has 1 N–H and O–H groups in total. The number of anilines is 1. The number of fused-ring (bicyclic) bond motifs is 1. The van der Waals surface area contributed by atoms with Crippen molar-refractivity contribution in [3.05, 3.63) is 65.9 Å². The molecule has 2 aromatic carbocycles. The standard InChI is InChI=1S/C21H20N4O4/c26-19(27)16-7-4-8-18-17(16)13-22-20(23-18)24-9-11-25(12-10-24)21(28)29-14-15-5-2-1-3-6-15/h1-8,13H,9-12,14H2,(H,26,27). The van der Waals surface area contributed by atoms with E-state index < -0.39 is 5.97 Å². The minimum Gasteiger partial charge on any atom is -0.478 e. The van der Waals surface area contributed by atoms with Gasteiger partial charge in [-0.3, -0.25) is 0 Å². The first-order chi connectivity index (χ1) is 14.1. The molecular weight excluding hydrogens is 372 g/mol. The Labute approximate surface area is 167 Å². The lowest BCUT2D eigenvalue weighted by Gasteiger charge is -2.34. The molecule has 0 saturated carbocycles. The van der Waals surface area contributed by atoms with Crippen molar-refractivity contribution in [3.8, 4) is 0 Å². The van der Waals surface area contributed by atoms with E-state index in [0.29, 0.717) is 43.0 Å². The van der Waals surface area contributed by atoms with Gasteiger partial charge in [0.1, 0.15) is 6.61 Å². The van der Waals surface area contributed by atoms with Gasteiger partial charge in [-0.05, 0) is 17.7 Å². The molecule has 0 radical (unpaired) electrons. The summed E-state index contributed by atoms with van der Waals surface area (Å²) in [6.07, 6.45) is 1.21. The van der Waals surface area contributed by atoms with Crippen molar-refractivity contribution in [1.82, 2.24) is 14.9 Å². The highest BCUT2D eigenvalue weighted by Gasteiger charge is 2.24. The average Bonchev–Trinajstić information content (AvgIpc) is 2.77. The summed E-state index contributed by atoms with van der Waals surface area (Å²) in [5, 5.41) is 9.79. The number of hydrogen-bond donors (Lipinski definition) is 1. The minimum atomic E-state index is -1.01.